The Morgan fingerprint density at radius 1 is 1.12 bits per heavy atom. The molecule has 0 unspecified atom stereocenters. The van der Waals surface area contributed by atoms with E-state index in [2.05, 4.69) is 57.5 Å². The summed E-state index contributed by atoms with van der Waals surface area (Å²) in [6, 6.07) is 22.9. The largest absolute Gasteiger partial charge is 0.380 e. The molecule has 0 aliphatic carbocycles. The van der Waals surface area contributed by atoms with Gasteiger partial charge in [-0.25, -0.2) is 4.98 Å². The summed E-state index contributed by atoms with van der Waals surface area (Å²) in [7, 11) is 1.91. The lowest BCUT2D eigenvalue weighted by Gasteiger charge is -2.34. The van der Waals surface area contributed by atoms with E-state index in [0.717, 1.165) is 42.1 Å². The molecule has 0 radical (unpaired) electrons. The molecule has 3 heterocycles. The highest BCUT2D eigenvalue weighted by Crippen LogP contribution is 2.32. The van der Waals surface area contributed by atoms with Crippen LogP contribution >= 0.6 is 0 Å². The molecule has 2 aromatic carbocycles. The zero-order valence-corrected chi connectivity index (χ0v) is 19.1. The summed E-state index contributed by atoms with van der Waals surface area (Å²) >= 11 is 0. The summed E-state index contributed by atoms with van der Waals surface area (Å²) in [5.74, 6) is 0.860. The Morgan fingerprint density at radius 3 is 2.68 bits per heavy atom. The molecular weight excluding hydrogens is 422 g/mol. The van der Waals surface area contributed by atoms with E-state index in [1.807, 2.05) is 56.0 Å². The third-order valence-electron chi connectivity index (χ3n) is 6.18. The van der Waals surface area contributed by atoms with Crippen LogP contribution in [0.5, 0.6) is 0 Å². The van der Waals surface area contributed by atoms with E-state index in [9.17, 15) is 0 Å². The van der Waals surface area contributed by atoms with Crippen molar-refractivity contribution in [3.8, 4) is 17.2 Å². The quantitative estimate of drug-likeness (QED) is 0.393. The van der Waals surface area contributed by atoms with Crippen molar-refractivity contribution in [3.05, 3.63) is 95.9 Å². The van der Waals surface area contributed by atoms with Gasteiger partial charge in [-0.15, -0.1) is 0 Å². The normalized spacial score (nSPS) is 15.5. The lowest BCUT2D eigenvalue weighted by molar-refractivity contribution is 0.472. The van der Waals surface area contributed by atoms with Gasteiger partial charge in [0.1, 0.15) is 5.82 Å². The van der Waals surface area contributed by atoms with Crippen molar-refractivity contribution >= 4 is 11.5 Å². The molecule has 0 fully saturated rings. The fraction of sp³-hybridized carbons (Fsp3) is 0.222. The highest BCUT2D eigenvalue weighted by atomic mass is 15.2. The topological polar surface area (TPSA) is 90.6 Å². The van der Waals surface area contributed by atoms with Crippen LogP contribution in [-0.4, -0.2) is 33.9 Å². The van der Waals surface area contributed by atoms with Crippen LogP contribution in [0.4, 0.5) is 11.5 Å². The van der Waals surface area contributed by atoms with E-state index in [-0.39, 0.29) is 12.1 Å². The number of aryl methyl sites for hydroxylation is 1. The van der Waals surface area contributed by atoms with Crippen LogP contribution in [-0.2, 0) is 13.5 Å². The molecule has 2 atom stereocenters. The average Bonchev–Trinajstić information content (AvgIpc) is 3.33. The number of hydrogen-bond acceptors (Lipinski definition) is 6. The average molecular weight is 450 g/mol. The highest BCUT2D eigenvalue weighted by molar-refractivity contribution is 5.75. The molecule has 0 bridgehead atoms. The third-order valence-corrected chi connectivity index (χ3v) is 6.18. The number of hydrogen-bond donors (Lipinski definition) is 3. The Morgan fingerprint density at radius 2 is 1.94 bits per heavy atom. The van der Waals surface area contributed by atoms with Gasteiger partial charge in [-0.2, -0.15) is 10.4 Å². The number of nitrogens with one attached hydrogen (secondary N) is 3. The van der Waals surface area contributed by atoms with Crippen molar-refractivity contribution in [3.63, 3.8) is 0 Å². The van der Waals surface area contributed by atoms with Gasteiger partial charge in [-0.3, -0.25) is 4.68 Å². The minimum absolute atomic E-state index is 0.111. The number of aromatic nitrogens is 3. The van der Waals surface area contributed by atoms with Crippen LogP contribution < -0.4 is 16.0 Å². The maximum absolute atomic E-state index is 9.01. The second-order valence-corrected chi connectivity index (χ2v) is 8.56. The first-order valence-electron chi connectivity index (χ1n) is 11.5. The standard InChI is InChI=1S/C27H27N7/c1-34-18-23(16-32-34)22-13-24-27(31-15-22)33-25(17-30-24)26(21-5-3-2-4-6-21)29-12-11-19-7-9-20(14-28)10-8-19/h2-10,13,15-16,18,25-26,29-30H,11-12,17H2,1H3,(H,31,33)/t25-,26-/m0/s1. The second kappa shape index (κ2) is 9.77. The molecule has 1 aliphatic heterocycles. The van der Waals surface area contributed by atoms with E-state index in [1.54, 1.807) is 4.68 Å². The molecule has 0 saturated carbocycles. The SMILES string of the molecule is Cn1cc(-c2cnc3c(c2)NC[C@@H]([C@@H](NCCc2ccc(C#N)cc2)c2ccccc2)N3)cn1. The van der Waals surface area contributed by atoms with Crippen LogP contribution in [0.15, 0.2) is 79.3 Å². The molecule has 2 aromatic heterocycles. The smallest absolute Gasteiger partial charge is 0.149 e. The number of anilines is 2. The maximum Gasteiger partial charge on any atom is 0.149 e. The Balaban J connectivity index is 1.30. The molecular formula is C27H27N7. The third kappa shape index (κ3) is 4.77. The summed E-state index contributed by atoms with van der Waals surface area (Å²) in [6.07, 6.45) is 6.62. The van der Waals surface area contributed by atoms with Crippen LogP contribution in [0, 0.1) is 11.3 Å². The first-order valence-corrected chi connectivity index (χ1v) is 11.5. The summed E-state index contributed by atoms with van der Waals surface area (Å²) in [5.41, 5.74) is 6.23. The molecule has 7 nitrogen and oxygen atoms in total. The lowest BCUT2D eigenvalue weighted by Crippen LogP contribution is -2.44. The van der Waals surface area contributed by atoms with Gasteiger partial charge in [0, 0.05) is 37.1 Å². The Bertz CT molecular complexity index is 1290. The predicted molar refractivity (Wildman–Crippen MR) is 134 cm³/mol. The van der Waals surface area contributed by atoms with Gasteiger partial charge in [-0.05, 0) is 42.3 Å². The molecule has 4 aromatic rings. The van der Waals surface area contributed by atoms with Gasteiger partial charge in [0.05, 0.1) is 35.6 Å². The van der Waals surface area contributed by atoms with Crippen LogP contribution in [0.1, 0.15) is 22.7 Å². The number of nitrogens with zero attached hydrogens (tertiary/aromatic N) is 4. The summed E-state index contributed by atoms with van der Waals surface area (Å²) in [4.78, 5) is 4.71. The molecule has 34 heavy (non-hydrogen) atoms. The van der Waals surface area contributed by atoms with Crippen LogP contribution in [0.25, 0.3) is 11.1 Å². The number of benzene rings is 2. The minimum atomic E-state index is 0.111. The van der Waals surface area contributed by atoms with Gasteiger partial charge in [0.15, 0.2) is 0 Å². The number of pyridine rings is 1. The van der Waals surface area contributed by atoms with Crippen molar-refractivity contribution in [1.82, 2.24) is 20.1 Å². The van der Waals surface area contributed by atoms with E-state index >= 15 is 0 Å². The highest BCUT2D eigenvalue weighted by Gasteiger charge is 2.27. The molecule has 0 amide bonds. The molecule has 5 rings (SSSR count). The Labute approximate surface area is 199 Å². The van der Waals surface area contributed by atoms with Crippen molar-refractivity contribution in [2.24, 2.45) is 7.05 Å². The molecule has 3 N–H and O–H groups in total. The van der Waals surface area contributed by atoms with Crippen molar-refractivity contribution in [1.29, 1.82) is 5.26 Å². The van der Waals surface area contributed by atoms with Crippen molar-refractivity contribution < 1.29 is 0 Å². The predicted octanol–water partition coefficient (Wildman–Crippen LogP) is 4.13. The molecule has 0 saturated heterocycles. The summed E-state index contributed by atoms with van der Waals surface area (Å²) in [6.45, 7) is 1.60. The van der Waals surface area contributed by atoms with Crippen molar-refractivity contribution in [2.45, 2.75) is 18.5 Å². The van der Waals surface area contributed by atoms with Gasteiger partial charge in [-0.1, -0.05) is 42.5 Å². The lowest BCUT2D eigenvalue weighted by atomic mass is 9.97. The van der Waals surface area contributed by atoms with E-state index in [0.29, 0.717) is 5.56 Å². The maximum atomic E-state index is 9.01. The van der Waals surface area contributed by atoms with Crippen LogP contribution in [0.2, 0.25) is 0 Å². The number of rotatable bonds is 7. The monoisotopic (exact) mass is 449 g/mol. The Kier molecular flexibility index (Phi) is 6.23. The fourth-order valence-electron chi connectivity index (χ4n) is 4.36. The zero-order valence-electron chi connectivity index (χ0n) is 19.1. The first-order chi connectivity index (χ1) is 16.7. The summed E-state index contributed by atoms with van der Waals surface area (Å²) in [5, 5.41) is 24.2. The van der Waals surface area contributed by atoms with Gasteiger partial charge < -0.3 is 16.0 Å². The van der Waals surface area contributed by atoms with Gasteiger partial charge in [0.25, 0.3) is 0 Å². The van der Waals surface area contributed by atoms with Gasteiger partial charge >= 0.3 is 0 Å². The number of fused-ring (bicyclic) bond motifs is 1. The first kappa shape index (κ1) is 21.7. The minimum Gasteiger partial charge on any atom is -0.380 e. The molecule has 1 aliphatic rings. The molecule has 7 heteroatoms. The second-order valence-electron chi connectivity index (χ2n) is 8.56. The van der Waals surface area contributed by atoms with E-state index < -0.39 is 0 Å². The van der Waals surface area contributed by atoms with E-state index in [4.69, 9.17) is 10.2 Å². The number of nitriles is 1. The van der Waals surface area contributed by atoms with E-state index in [1.165, 1.54) is 11.1 Å². The van der Waals surface area contributed by atoms with Crippen molar-refractivity contribution in [2.75, 3.05) is 23.7 Å². The fourth-order valence-corrected chi connectivity index (χ4v) is 4.36. The van der Waals surface area contributed by atoms with Crippen LogP contribution in [0.3, 0.4) is 0 Å². The summed E-state index contributed by atoms with van der Waals surface area (Å²) < 4.78 is 1.80. The zero-order chi connectivity index (χ0) is 23.3. The molecule has 170 valence electrons. The molecule has 0 spiro atoms. The van der Waals surface area contributed by atoms with Gasteiger partial charge in [0.2, 0.25) is 0 Å². The Hall–Kier alpha value is -4.15.